The van der Waals surface area contributed by atoms with Gasteiger partial charge >= 0.3 is 6.09 Å². The zero-order valence-electron chi connectivity index (χ0n) is 14.2. The maximum atomic E-state index is 11.6. The fraction of sp³-hybridized carbons (Fsp3) is 0.278. The summed E-state index contributed by atoms with van der Waals surface area (Å²) in [6.07, 6.45) is -0.893. The number of ether oxygens (including phenoxy) is 3. The first-order valence-electron chi connectivity index (χ1n) is 7.40. The Labute approximate surface area is 141 Å². The number of nitrogens with zero attached hydrogens (tertiary/aromatic N) is 1. The molecule has 0 saturated heterocycles. The molecule has 1 N–H and O–H groups in total. The molecule has 128 valence electrons. The van der Waals surface area contributed by atoms with E-state index in [1.165, 1.54) is 20.3 Å². The van der Waals surface area contributed by atoms with E-state index < -0.39 is 6.09 Å². The fourth-order valence-electron chi connectivity index (χ4n) is 2.29. The van der Waals surface area contributed by atoms with Gasteiger partial charge in [0.1, 0.15) is 18.1 Å². The van der Waals surface area contributed by atoms with Crippen LogP contribution in [0, 0.1) is 13.8 Å². The Kier molecular flexibility index (Phi) is 5.65. The van der Waals surface area contributed by atoms with Crippen LogP contribution in [-0.2, 0) is 11.3 Å². The van der Waals surface area contributed by atoms with E-state index in [1.54, 1.807) is 12.1 Å². The quantitative estimate of drug-likeness (QED) is 0.666. The molecular formula is C18H21NO5. The van der Waals surface area contributed by atoms with Crippen LogP contribution in [0.2, 0.25) is 0 Å². The summed E-state index contributed by atoms with van der Waals surface area (Å²) in [7, 11) is 2.70. The van der Waals surface area contributed by atoms with Crippen molar-refractivity contribution in [1.82, 2.24) is 0 Å². The molecule has 0 radical (unpaired) electrons. The average Bonchev–Trinajstić information content (AvgIpc) is 2.59. The third-order valence-corrected chi connectivity index (χ3v) is 3.58. The number of carbonyl (C=O) groups excluding carboxylic acids is 1. The van der Waals surface area contributed by atoms with Gasteiger partial charge in [-0.15, -0.1) is 0 Å². The summed E-state index contributed by atoms with van der Waals surface area (Å²) >= 11 is 0. The van der Waals surface area contributed by atoms with Crippen LogP contribution < -0.4 is 14.5 Å². The molecule has 0 heterocycles. The Morgan fingerprint density at radius 2 is 1.88 bits per heavy atom. The monoisotopic (exact) mass is 331 g/mol. The maximum absolute atomic E-state index is 11.6. The smallest absolute Gasteiger partial charge is 0.438 e. The zero-order chi connectivity index (χ0) is 17.7. The van der Waals surface area contributed by atoms with E-state index in [0.29, 0.717) is 16.4 Å². The van der Waals surface area contributed by atoms with E-state index in [1.807, 2.05) is 32.0 Å². The highest BCUT2D eigenvalue weighted by Gasteiger charge is 2.18. The van der Waals surface area contributed by atoms with Crippen LogP contribution in [0.5, 0.6) is 11.5 Å². The summed E-state index contributed by atoms with van der Waals surface area (Å²) in [5.74, 6) is 1.24. The van der Waals surface area contributed by atoms with Crippen LogP contribution in [0.15, 0.2) is 36.4 Å². The lowest BCUT2D eigenvalue weighted by Crippen LogP contribution is -2.28. The summed E-state index contributed by atoms with van der Waals surface area (Å²) in [5.41, 5.74) is 3.02. The number of benzene rings is 2. The largest absolute Gasteiger partial charge is 0.497 e. The van der Waals surface area contributed by atoms with Crippen molar-refractivity contribution in [3.8, 4) is 11.5 Å². The highest BCUT2D eigenvalue weighted by atomic mass is 16.6. The van der Waals surface area contributed by atoms with Crippen molar-refractivity contribution in [2.75, 3.05) is 19.3 Å². The Morgan fingerprint density at radius 3 is 2.50 bits per heavy atom. The molecule has 0 aromatic heterocycles. The molecule has 2 rings (SSSR count). The van der Waals surface area contributed by atoms with Gasteiger partial charge in [-0.25, -0.2) is 4.79 Å². The van der Waals surface area contributed by atoms with Gasteiger partial charge < -0.3 is 14.2 Å². The molecule has 0 fully saturated rings. The van der Waals surface area contributed by atoms with Crippen molar-refractivity contribution >= 4 is 11.8 Å². The molecule has 24 heavy (non-hydrogen) atoms. The van der Waals surface area contributed by atoms with E-state index in [2.05, 4.69) is 4.74 Å². The maximum Gasteiger partial charge on any atom is 0.438 e. The number of hydrogen-bond donors (Lipinski definition) is 1. The Hall–Kier alpha value is -2.73. The topological polar surface area (TPSA) is 68.2 Å². The van der Waals surface area contributed by atoms with Gasteiger partial charge in [0.25, 0.3) is 0 Å². The highest BCUT2D eigenvalue weighted by Crippen LogP contribution is 2.28. The molecule has 0 spiro atoms. The Balaban J connectivity index is 2.27. The van der Waals surface area contributed by atoms with E-state index >= 15 is 0 Å². The number of anilines is 1. The normalized spacial score (nSPS) is 10.2. The molecule has 0 aliphatic rings. The molecule has 6 heteroatoms. The SMILES string of the molecule is COC(=O)N(O)c1cc(OC)ccc1COc1ccc(C)cc1C. The van der Waals surface area contributed by atoms with Crippen molar-refractivity contribution < 1.29 is 24.2 Å². The molecule has 0 unspecified atom stereocenters. The minimum atomic E-state index is -0.893. The van der Waals surface area contributed by atoms with Gasteiger partial charge in [0.05, 0.1) is 19.9 Å². The molecule has 0 saturated carbocycles. The number of rotatable bonds is 5. The molecule has 1 amide bonds. The third-order valence-electron chi connectivity index (χ3n) is 3.58. The molecule has 0 bridgehead atoms. The van der Waals surface area contributed by atoms with Crippen LogP contribution in [0.25, 0.3) is 0 Å². The number of hydrogen-bond acceptors (Lipinski definition) is 5. The van der Waals surface area contributed by atoms with E-state index in [-0.39, 0.29) is 12.3 Å². The summed E-state index contributed by atoms with van der Waals surface area (Å²) in [6.45, 7) is 4.15. The Bertz CT molecular complexity index is 729. The number of carbonyl (C=O) groups is 1. The second-order valence-corrected chi connectivity index (χ2v) is 5.33. The third kappa shape index (κ3) is 3.97. The van der Waals surface area contributed by atoms with Crippen LogP contribution >= 0.6 is 0 Å². The summed E-state index contributed by atoms with van der Waals surface area (Å²) in [6, 6.07) is 10.9. The summed E-state index contributed by atoms with van der Waals surface area (Å²) in [4.78, 5) is 11.6. The van der Waals surface area contributed by atoms with Gasteiger partial charge in [0.15, 0.2) is 0 Å². The first-order valence-corrected chi connectivity index (χ1v) is 7.40. The summed E-state index contributed by atoms with van der Waals surface area (Å²) < 4.78 is 15.5. The first kappa shape index (κ1) is 17.6. The van der Waals surface area contributed by atoms with Crippen LogP contribution in [0.3, 0.4) is 0 Å². The summed E-state index contributed by atoms with van der Waals surface area (Å²) in [5, 5.41) is 10.5. The van der Waals surface area contributed by atoms with Gasteiger partial charge in [-0.2, -0.15) is 5.06 Å². The van der Waals surface area contributed by atoms with Crippen molar-refractivity contribution in [3.05, 3.63) is 53.1 Å². The molecule has 0 aliphatic carbocycles. The molecule has 2 aromatic rings. The van der Waals surface area contributed by atoms with Crippen LogP contribution in [0.4, 0.5) is 10.5 Å². The second-order valence-electron chi connectivity index (χ2n) is 5.33. The van der Waals surface area contributed by atoms with Gasteiger partial charge in [-0.3, -0.25) is 5.21 Å². The molecule has 2 aromatic carbocycles. The molecule has 0 atom stereocenters. The fourth-order valence-corrected chi connectivity index (χ4v) is 2.29. The van der Waals surface area contributed by atoms with Crippen LogP contribution in [0.1, 0.15) is 16.7 Å². The number of methoxy groups -OCH3 is 2. The number of amides is 1. The first-order chi connectivity index (χ1) is 11.5. The van der Waals surface area contributed by atoms with Crippen molar-refractivity contribution in [1.29, 1.82) is 0 Å². The van der Waals surface area contributed by atoms with Crippen molar-refractivity contribution in [2.24, 2.45) is 0 Å². The van der Waals surface area contributed by atoms with Crippen LogP contribution in [-0.4, -0.2) is 25.5 Å². The minimum absolute atomic E-state index is 0.178. The lowest BCUT2D eigenvalue weighted by Gasteiger charge is -2.19. The van der Waals surface area contributed by atoms with E-state index in [4.69, 9.17) is 9.47 Å². The van der Waals surface area contributed by atoms with E-state index in [9.17, 15) is 10.0 Å². The van der Waals surface area contributed by atoms with Crippen molar-refractivity contribution in [2.45, 2.75) is 20.5 Å². The van der Waals surface area contributed by atoms with Gasteiger partial charge in [-0.05, 0) is 37.6 Å². The molecular weight excluding hydrogens is 310 g/mol. The van der Waals surface area contributed by atoms with Gasteiger partial charge in [0.2, 0.25) is 0 Å². The zero-order valence-corrected chi connectivity index (χ0v) is 14.2. The number of aryl methyl sites for hydroxylation is 2. The predicted molar refractivity (Wildman–Crippen MR) is 89.9 cm³/mol. The standard InChI is InChI=1S/C18H21NO5/c1-12-5-8-17(13(2)9-12)24-11-14-6-7-15(22-3)10-16(14)19(21)18(20)23-4/h5-10,21H,11H2,1-4H3. The molecule has 6 nitrogen and oxygen atoms in total. The van der Waals surface area contributed by atoms with Crippen molar-refractivity contribution in [3.63, 3.8) is 0 Å². The highest BCUT2D eigenvalue weighted by molar-refractivity contribution is 5.86. The molecule has 0 aliphatic heterocycles. The second kappa shape index (κ2) is 7.70. The number of hydroxylamine groups is 1. The Morgan fingerprint density at radius 1 is 1.12 bits per heavy atom. The van der Waals surface area contributed by atoms with Gasteiger partial charge in [0, 0.05) is 11.6 Å². The minimum Gasteiger partial charge on any atom is -0.497 e. The lowest BCUT2D eigenvalue weighted by molar-refractivity contribution is 0.140. The van der Waals surface area contributed by atoms with Gasteiger partial charge in [-0.1, -0.05) is 17.7 Å². The average molecular weight is 331 g/mol. The van der Waals surface area contributed by atoms with E-state index in [0.717, 1.165) is 16.9 Å². The predicted octanol–water partition coefficient (Wildman–Crippen LogP) is 3.85. The lowest BCUT2D eigenvalue weighted by atomic mass is 10.1.